The van der Waals surface area contributed by atoms with Crippen molar-refractivity contribution in [3.8, 4) is 0 Å². The predicted molar refractivity (Wildman–Crippen MR) is 69.9 cm³/mol. The maximum Gasteiger partial charge on any atom is 0.309 e. The first-order valence-electron chi connectivity index (χ1n) is 6.71. The maximum atomic E-state index is 11.7. The molecule has 0 unspecified atom stereocenters. The lowest BCUT2D eigenvalue weighted by atomic mass is 9.84. The Bertz CT molecular complexity index is 395. The SMILES string of the molecule is C/C1=C\C[C@@H](O)/C(C)=C/[C@H]2OC(=O)[C@H](C)[C@@H]2CC1. The van der Waals surface area contributed by atoms with Crippen LogP contribution in [0.25, 0.3) is 0 Å². The van der Waals surface area contributed by atoms with Gasteiger partial charge in [0, 0.05) is 5.92 Å². The average molecular weight is 250 g/mol. The van der Waals surface area contributed by atoms with Crippen LogP contribution in [0.3, 0.4) is 0 Å². The second-order valence-corrected chi connectivity index (χ2v) is 5.61. The normalized spacial score (nSPS) is 43.2. The Labute approximate surface area is 109 Å². The van der Waals surface area contributed by atoms with E-state index in [2.05, 4.69) is 13.0 Å². The number of ether oxygens (including phenoxy) is 1. The maximum absolute atomic E-state index is 11.7. The van der Waals surface area contributed by atoms with Gasteiger partial charge in [0.15, 0.2) is 0 Å². The fraction of sp³-hybridized carbons (Fsp3) is 0.667. The Balaban J connectivity index is 2.26. The van der Waals surface area contributed by atoms with Crippen molar-refractivity contribution in [3.05, 3.63) is 23.3 Å². The molecule has 0 aromatic carbocycles. The lowest BCUT2D eigenvalue weighted by molar-refractivity contribution is -0.142. The minimum Gasteiger partial charge on any atom is -0.458 e. The third kappa shape index (κ3) is 2.66. The number of fused-ring (bicyclic) bond motifs is 1. The van der Waals surface area contributed by atoms with E-state index >= 15 is 0 Å². The summed E-state index contributed by atoms with van der Waals surface area (Å²) in [5.41, 5.74) is 2.19. The molecular formula is C15H22O3. The number of aliphatic hydroxyl groups excluding tert-OH is 1. The molecule has 0 aromatic heterocycles. The summed E-state index contributed by atoms with van der Waals surface area (Å²) in [6.07, 6.45) is 6.01. The molecule has 1 N–H and O–H groups in total. The Morgan fingerprint density at radius 1 is 1.39 bits per heavy atom. The molecule has 0 radical (unpaired) electrons. The van der Waals surface area contributed by atoms with Crippen LogP contribution in [0, 0.1) is 11.8 Å². The van der Waals surface area contributed by atoms with Gasteiger partial charge in [-0.3, -0.25) is 4.79 Å². The number of carbonyl (C=O) groups is 1. The van der Waals surface area contributed by atoms with Crippen molar-refractivity contribution in [2.24, 2.45) is 11.8 Å². The van der Waals surface area contributed by atoms with Crippen LogP contribution in [0.15, 0.2) is 23.3 Å². The standard InChI is InChI=1S/C15H22O3/c1-9-4-6-12-11(3)15(17)18-14(12)8-10(2)13(16)7-5-9/h5,8,11-14,16H,4,6-7H2,1-3H3/b9-5+,10-8+/t11-,12+,13-,14-/m1/s1. The third-order valence-electron chi connectivity index (χ3n) is 4.20. The van der Waals surface area contributed by atoms with Crippen molar-refractivity contribution in [2.75, 3.05) is 0 Å². The van der Waals surface area contributed by atoms with Gasteiger partial charge >= 0.3 is 5.97 Å². The van der Waals surface area contributed by atoms with Crippen LogP contribution >= 0.6 is 0 Å². The number of rotatable bonds is 0. The summed E-state index contributed by atoms with van der Waals surface area (Å²) in [5.74, 6) is 0.0916. The summed E-state index contributed by atoms with van der Waals surface area (Å²) in [4.78, 5) is 11.7. The molecule has 1 saturated heterocycles. The fourth-order valence-corrected chi connectivity index (χ4v) is 2.73. The van der Waals surface area contributed by atoms with E-state index in [-0.39, 0.29) is 23.9 Å². The third-order valence-corrected chi connectivity index (χ3v) is 4.20. The predicted octanol–water partition coefficient (Wildman–Crippen LogP) is 2.60. The van der Waals surface area contributed by atoms with Crippen molar-refractivity contribution < 1.29 is 14.6 Å². The van der Waals surface area contributed by atoms with Gasteiger partial charge in [-0.25, -0.2) is 0 Å². The first-order valence-corrected chi connectivity index (χ1v) is 6.71. The van der Waals surface area contributed by atoms with Gasteiger partial charge in [0.05, 0.1) is 12.0 Å². The largest absolute Gasteiger partial charge is 0.458 e. The topological polar surface area (TPSA) is 46.5 Å². The minimum atomic E-state index is -0.465. The molecule has 1 aliphatic carbocycles. The molecule has 0 spiro atoms. The Morgan fingerprint density at radius 3 is 2.83 bits per heavy atom. The Kier molecular flexibility index (Phi) is 3.91. The molecule has 0 bridgehead atoms. The van der Waals surface area contributed by atoms with Crippen LogP contribution in [0.4, 0.5) is 0 Å². The van der Waals surface area contributed by atoms with Gasteiger partial charge in [-0.1, -0.05) is 18.6 Å². The van der Waals surface area contributed by atoms with E-state index in [1.54, 1.807) is 0 Å². The smallest absolute Gasteiger partial charge is 0.309 e. The Hall–Kier alpha value is -1.09. The summed E-state index contributed by atoms with van der Waals surface area (Å²) in [6, 6.07) is 0. The Morgan fingerprint density at radius 2 is 2.11 bits per heavy atom. The summed E-state index contributed by atoms with van der Waals surface area (Å²) < 4.78 is 5.42. The van der Waals surface area contributed by atoms with Crippen LogP contribution < -0.4 is 0 Å². The van der Waals surface area contributed by atoms with E-state index in [0.717, 1.165) is 18.4 Å². The average Bonchev–Trinajstić information content (AvgIpc) is 2.59. The summed E-state index contributed by atoms with van der Waals surface area (Å²) in [5, 5.41) is 10.0. The molecule has 18 heavy (non-hydrogen) atoms. The zero-order valence-corrected chi connectivity index (χ0v) is 11.3. The van der Waals surface area contributed by atoms with E-state index in [9.17, 15) is 9.90 Å². The lowest BCUT2D eigenvalue weighted by Gasteiger charge is -2.20. The van der Waals surface area contributed by atoms with Gasteiger partial charge in [-0.05, 0) is 44.8 Å². The van der Waals surface area contributed by atoms with Crippen LogP contribution in [0.5, 0.6) is 0 Å². The first-order chi connectivity index (χ1) is 8.49. The number of carbonyl (C=O) groups excluding carboxylic acids is 1. The summed E-state index contributed by atoms with van der Waals surface area (Å²) in [6.45, 7) is 5.94. The zero-order valence-electron chi connectivity index (χ0n) is 11.3. The molecule has 3 nitrogen and oxygen atoms in total. The summed E-state index contributed by atoms with van der Waals surface area (Å²) >= 11 is 0. The molecule has 0 amide bonds. The van der Waals surface area contributed by atoms with Crippen molar-refractivity contribution in [3.63, 3.8) is 0 Å². The second kappa shape index (κ2) is 5.27. The number of hydrogen-bond donors (Lipinski definition) is 1. The molecule has 0 saturated carbocycles. The van der Waals surface area contributed by atoms with E-state index in [4.69, 9.17) is 4.74 Å². The van der Waals surface area contributed by atoms with Crippen molar-refractivity contribution >= 4 is 5.97 Å². The zero-order chi connectivity index (χ0) is 13.3. The molecule has 1 aliphatic heterocycles. The second-order valence-electron chi connectivity index (χ2n) is 5.61. The van der Waals surface area contributed by atoms with Gasteiger partial charge in [0.25, 0.3) is 0 Å². The number of hydrogen-bond acceptors (Lipinski definition) is 3. The monoisotopic (exact) mass is 250 g/mol. The van der Waals surface area contributed by atoms with E-state index in [1.165, 1.54) is 5.57 Å². The van der Waals surface area contributed by atoms with Gasteiger partial charge in [0.1, 0.15) is 6.10 Å². The highest BCUT2D eigenvalue weighted by atomic mass is 16.6. The highest BCUT2D eigenvalue weighted by Crippen LogP contribution is 2.35. The number of aliphatic hydroxyl groups is 1. The van der Waals surface area contributed by atoms with Crippen molar-refractivity contribution in [1.82, 2.24) is 0 Å². The van der Waals surface area contributed by atoms with E-state index in [1.807, 2.05) is 19.9 Å². The highest BCUT2D eigenvalue weighted by Gasteiger charge is 2.40. The fourth-order valence-electron chi connectivity index (χ4n) is 2.73. The van der Waals surface area contributed by atoms with Crippen LogP contribution in [-0.2, 0) is 9.53 Å². The van der Waals surface area contributed by atoms with Gasteiger partial charge in [-0.15, -0.1) is 0 Å². The molecule has 100 valence electrons. The first kappa shape index (κ1) is 13.3. The van der Waals surface area contributed by atoms with Gasteiger partial charge < -0.3 is 9.84 Å². The lowest BCUT2D eigenvalue weighted by Crippen LogP contribution is -2.20. The van der Waals surface area contributed by atoms with Crippen LogP contribution in [0.1, 0.15) is 40.0 Å². The van der Waals surface area contributed by atoms with E-state index in [0.29, 0.717) is 6.42 Å². The van der Waals surface area contributed by atoms with Crippen LogP contribution in [-0.4, -0.2) is 23.3 Å². The van der Waals surface area contributed by atoms with Gasteiger partial charge in [0.2, 0.25) is 0 Å². The summed E-state index contributed by atoms with van der Waals surface area (Å²) in [7, 11) is 0. The molecule has 3 heteroatoms. The molecule has 2 rings (SSSR count). The molecule has 2 aliphatic rings. The molecule has 1 fully saturated rings. The minimum absolute atomic E-state index is 0.0385. The van der Waals surface area contributed by atoms with Crippen molar-refractivity contribution in [2.45, 2.75) is 52.2 Å². The molecule has 4 atom stereocenters. The number of allylic oxidation sites excluding steroid dienone is 1. The van der Waals surface area contributed by atoms with Crippen LogP contribution in [0.2, 0.25) is 0 Å². The highest BCUT2D eigenvalue weighted by molar-refractivity contribution is 5.75. The molecular weight excluding hydrogens is 228 g/mol. The molecule has 0 aromatic rings. The van der Waals surface area contributed by atoms with Gasteiger partial charge in [-0.2, -0.15) is 0 Å². The quantitative estimate of drug-likeness (QED) is 0.531. The number of esters is 1. The van der Waals surface area contributed by atoms with Crippen molar-refractivity contribution in [1.29, 1.82) is 0 Å². The molecule has 1 heterocycles. The van der Waals surface area contributed by atoms with E-state index < -0.39 is 6.10 Å².